The van der Waals surface area contributed by atoms with Crippen molar-refractivity contribution in [2.75, 3.05) is 5.73 Å². The van der Waals surface area contributed by atoms with Crippen molar-refractivity contribution in [1.29, 1.82) is 0 Å². The van der Waals surface area contributed by atoms with E-state index < -0.39 is 10.0 Å². The number of benzene rings is 1. The topological polar surface area (TPSA) is 85.3 Å². The van der Waals surface area contributed by atoms with E-state index in [0.29, 0.717) is 18.5 Å². The molecule has 1 aromatic heterocycles. The number of furan rings is 1. The zero-order valence-corrected chi connectivity index (χ0v) is 13.1. The molecule has 1 aromatic carbocycles. The van der Waals surface area contributed by atoms with E-state index in [1.165, 1.54) is 18.2 Å². The van der Waals surface area contributed by atoms with Gasteiger partial charge in [-0.3, -0.25) is 0 Å². The summed E-state index contributed by atoms with van der Waals surface area (Å²) in [5.74, 6) is 0.830. The number of nitrogens with one attached hydrogen (secondary N) is 1. The van der Waals surface area contributed by atoms with Gasteiger partial charge in [0.2, 0.25) is 10.0 Å². The molecular weight excluding hydrogens is 312 g/mol. The highest BCUT2D eigenvalue weighted by atomic mass is 35.5. The molecular formula is C14H17ClN2O3S. The molecule has 5 nitrogen and oxygen atoms in total. The molecule has 0 aliphatic carbocycles. The summed E-state index contributed by atoms with van der Waals surface area (Å²) in [6.07, 6.45) is 2.90. The second-order valence-corrected chi connectivity index (χ2v) is 6.94. The summed E-state index contributed by atoms with van der Waals surface area (Å²) >= 11 is 5.86. The van der Waals surface area contributed by atoms with Crippen LogP contribution < -0.4 is 10.5 Å². The number of hydrogen-bond donors (Lipinski definition) is 2. The van der Waals surface area contributed by atoms with Gasteiger partial charge in [0.05, 0.1) is 21.9 Å². The van der Waals surface area contributed by atoms with Gasteiger partial charge < -0.3 is 10.2 Å². The summed E-state index contributed by atoms with van der Waals surface area (Å²) < 4.78 is 32.3. The minimum atomic E-state index is -3.61. The molecule has 1 atom stereocenters. The summed E-state index contributed by atoms with van der Waals surface area (Å²) in [5, 5.41) is 0.223. The van der Waals surface area contributed by atoms with Crippen LogP contribution in [-0.2, 0) is 16.4 Å². The van der Waals surface area contributed by atoms with E-state index >= 15 is 0 Å². The van der Waals surface area contributed by atoms with Crippen LogP contribution in [0.1, 0.15) is 19.1 Å². The Hall–Kier alpha value is -1.50. The number of nitrogen functional groups attached to an aromatic ring is 1. The molecule has 0 saturated carbocycles. The summed E-state index contributed by atoms with van der Waals surface area (Å²) in [5.41, 5.74) is 5.93. The predicted molar refractivity (Wildman–Crippen MR) is 82.7 cm³/mol. The van der Waals surface area contributed by atoms with E-state index in [-0.39, 0.29) is 16.0 Å². The number of nitrogens with two attached hydrogens (primary N) is 1. The average Bonchev–Trinajstić information content (AvgIpc) is 2.92. The smallest absolute Gasteiger partial charge is 0.240 e. The summed E-state index contributed by atoms with van der Waals surface area (Å²) in [6.45, 7) is 1.80. The lowest BCUT2D eigenvalue weighted by molar-refractivity contribution is 0.480. The lowest BCUT2D eigenvalue weighted by Gasteiger charge is -2.14. The first-order valence-corrected chi connectivity index (χ1v) is 8.34. The van der Waals surface area contributed by atoms with Gasteiger partial charge in [-0.15, -0.1) is 0 Å². The standard InChI is InChI=1S/C14H17ClN2O3S/c1-10(4-5-11-3-2-8-20-11)17-21(18,19)12-6-7-14(16)13(15)9-12/h2-3,6-10,17H,4-5,16H2,1H3. The van der Waals surface area contributed by atoms with Crippen LogP contribution in [0.4, 0.5) is 5.69 Å². The first-order valence-electron chi connectivity index (χ1n) is 6.48. The molecule has 114 valence electrons. The average molecular weight is 329 g/mol. The molecule has 7 heteroatoms. The van der Waals surface area contributed by atoms with Crippen molar-refractivity contribution < 1.29 is 12.8 Å². The van der Waals surface area contributed by atoms with Crippen molar-refractivity contribution in [2.45, 2.75) is 30.7 Å². The highest BCUT2D eigenvalue weighted by molar-refractivity contribution is 7.89. The number of halogens is 1. The molecule has 1 unspecified atom stereocenters. The van der Waals surface area contributed by atoms with E-state index in [1.54, 1.807) is 19.3 Å². The Morgan fingerprint density at radius 3 is 2.76 bits per heavy atom. The molecule has 0 radical (unpaired) electrons. The van der Waals surface area contributed by atoms with Crippen LogP contribution in [0, 0.1) is 0 Å². The SMILES string of the molecule is CC(CCc1ccco1)NS(=O)(=O)c1ccc(N)c(Cl)c1. The Labute approximate surface area is 129 Å². The Morgan fingerprint density at radius 1 is 1.38 bits per heavy atom. The van der Waals surface area contributed by atoms with E-state index in [9.17, 15) is 8.42 Å². The normalized spacial score (nSPS) is 13.2. The molecule has 3 N–H and O–H groups in total. The van der Waals surface area contributed by atoms with Gasteiger partial charge in [-0.2, -0.15) is 0 Å². The van der Waals surface area contributed by atoms with E-state index in [4.69, 9.17) is 21.8 Å². The zero-order valence-electron chi connectivity index (χ0n) is 11.5. The third-order valence-corrected chi connectivity index (χ3v) is 4.96. The van der Waals surface area contributed by atoms with Gasteiger partial charge in [0.25, 0.3) is 0 Å². The predicted octanol–water partition coefficient (Wildman–Crippen LogP) is 2.81. The van der Waals surface area contributed by atoms with Crippen LogP contribution >= 0.6 is 11.6 Å². The first kappa shape index (κ1) is 15.9. The van der Waals surface area contributed by atoms with Crippen LogP contribution in [0.5, 0.6) is 0 Å². The Balaban J connectivity index is 2.01. The third-order valence-electron chi connectivity index (χ3n) is 3.04. The molecule has 0 saturated heterocycles. The van der Waals surface area contributed by atoms with Crippen LogP contribution in [-0.4, -0.2) is 14.5 Å². The van der Waals surface area contributed by atoms with Crippen molar-refractivity contribution in [3.63, 3.8) is 0 Å². The Bertz CT molecular complexity index is 699. The maximum atomic E-state index is 12.2. The van der Waals surface area contributed by atoms with Crippen molar-refractivity contribution in [2.24, 2.45) is 0 Å². The highest BCUT2D eigenvalue weighted by Crippen LogP contribution is 2.22. The van der Waals surface area contributed by atoms with Gasteiger partial charge in [-0.05, 0) is 43.7 Å². The molecule has 0 fully saturated rings. The van der Waals surface area contributed by atoms with E-state index in [0.717, 1.165) is 5.76 Å². The van der Waals surface area contributed by atoms with Crippen LogP contribution in [0.15, 0.2) is 45.9 Å². The van der Waals surface area contributed by atoms with Crippen molar-refractivity contribution >= 4 is 27.3 Å². The van der Waals surface area contributed by atoms with Gasteiger partial charge in [-0.25, -0.2) is 13.1 Å². The second-order valence-electron chi connectivity index (χ2n) is 4.82. The van der Waals surface area contributed by atoms with Crippen molar-refractivity contribution in [1.82, 2.24) is 4.72 Å². The van der Waals surface area contributed by atoms with Gasteiger partial charge in [0.1, 0.15) is 5.76 Å². The van der Waals surface area contributed by atoms with Crippen LogP contribution in [0.25, 0.3) is 0 Å². The molecule has 0 amide bonds. The van der Waals surface area contributed by atoms with Crippen LogP contribution in [0.2, 0.25) is 5.02 Å². The van der Waals surface area contributed by atoms with Gasteiger partial charge >= 0.3 is 0 Å². The summed E-state index contributed by atoms with van der Waals surface area (Å²) in [4.78, 5) is 0.103. The minimum Gasteiger partial charge on any atom is -0.469 e. The molecule has 0 bridgehead atoms. The fourth-order valence-corrected chi connectivity index (χ4v) is 3.43. The first-order chi connectivity index (χ1) is 9.88. The minimum absolute atomic E-state index is 0.103. The van der Waals surface area contributed by atoms with E-state index in [1.807, 2.05) is 6.07 Å². The second kappa shape index (κ2) is 6.51. The van der Waals surface area contributed by atoms with Crippen molar-refractivity contribution in [3.8, 4) is 0 Å². The van der Waals surface area contributed by atoms with Gasteiger partial charge in [-0.1, -0.05) is 11.6 Å². The zero-order chi connectivity index (χ0) is 15.5. The Morgan fingerprint density at radius 2 is 2.14 bits per heavy atom. The number of anilines is 1. The summed E-state index contributed by atoms with van der Waals surface area (Å²) in [7, 11) is -3.61. The van der Waals surface area contributed by atoms with E-state index in [2.05, 4.69) is 4.72 Å². The third kappa shape index (κ3) is 4.23. The number of aryl methyl sites for hydroxylation is 1. The molecule has 1 heterocycles. The van der Waals surface area contributed by atoms with Crippen LogP contribution in [0.3, 0.4) is 0 Å². The van der Waals surface area contributed by atoms with Gasteiger partial charge in [0.15, 0.2) is 0 Å². The molecule has 0 aliphatic heterocycles. The quantitative estimate of drug-likeness (QED) is 0.798. The molecule has 0 aliphatic rings. The lowest BCUT2D eigenvalue weighted by atomic mass is 10.2. The summed E-state index contributed by atoms with van der Waals surface area (Å²) in [6, 6.07) is 7.70. The molecule has 2 aromatic rings. The fraction of sp³-hybridized carbons (Fsp3) is 0.286. The maximum Gasteiger partial charge on any atom is 0.240 e. The molecule has 2 rings (SSSR count). The lowest BCUT2D eigenvalue weighted by Crippen LogP contribution is -2.32. The fourth-order valence-electron chi connectivity index (χ4n) is 1.88. The largest absolute Gasteiger partial charge is 0.469 e. The molecule has 0 spiro atoms. The maximum absolute atomic E-state index is 12.2. The van der Waals surface area contributed by atoms with Crippen molar-refractivity contribution in [3.05, 3.63) is 47.4 Å². The number of hydrogen-bond acceptors (Lipinski definition) is 4. The number of sulfonamides is 1. The van der Waals surface area contributed by atoms with Gasteiger partial charge in [0, 0.05) is 12.5 Å². The monoisotopic (exact) mass is 328 g/mol. The molecule has 21 heavy (non-hydrogen) atoms. The number of rotatable bonds is 6. The Kier molecular flexibility index (Phi) is 4.92. The highest BCUT2D eigenvalue weighted by Gasteiger charge is 2.18.